The molecule has 66 heavy (non-hydrogen) atoms. The van der Waals surface area contributed by atoms with Crippen LogP contribution >= 0.6 is 0 Å². The second kappa shape index (κ2) is 20.1. The molecule has 0 aromatic carbocycles. The number of allylic oxidation sites excluding steroid dienone is 2. The summed E-state index contributed by atoms with van der Waals surface area (Å²) < 4.78 is 35.8. The number of aliphatic hydroxyl groups excluding tert-OH is 7. The number of nitrogens with one attached hydrogen (secondary N) is 1. The first-order valence-corrected chi connectivity index (χ1v) is 23.6. The van der Waals surface area contributed by atoms with Gasteiger partial charge < -0.3 is 81.6 Å². The fourth-order valence-corrected chi connectivity index (χ4v) is 13.8. The average molecular weight is 1140 g/mol. The van der Waals surface area contributed by atoms with Crippen molar-refractivity contribution in [2.75, 3.05) is 19.8 Å². The van der Waals surface area contributed by atoms with Gasteiger partial charge in [-0.3, -0.25) is 15.5 Å². The standard InChI is InChI=1S/C47H74N2O15.V.W/c1-22-24-10-13-46(7)30(44(24,5)12-11-28(22)50)9-8-25-26-18-43(3,4)14-16-47(26,17-15-45(25,46)6)42(58)64-41-38(32(53)27(20-59-41)49-31(52)19-48)63-40-36(57)34(55)37(23(2)61-40)62-39-35(56)33(54)29(51)21-60-39;;/h8,17,23-24,26-30,32-41,50-51,53-57H,9-16,18-21,48H2,1-7H3,(H,49,52);;/q-2;;/t23-,24+,26?,27?,28+,29?,30?,32?,33?,34?,35?,36?,37?,38?,39+,40+,41+,44?,45-,46+,47+;;/m1../s1. The Kier molecular flexibility index (Phi) is 16.7. The maximum absolute atomic E-state index is 15.2. The van der Waals surface area contributed by atoms with Crippen molar-refractivity contribution in [3.05, 3.63) is 24.0 Å². The maximum atomic E-state index is 15.2. The Hall–Kier alpha value is -0.567. The van der Waals surface area contributed by atoms with Crippen LogP contribution in [0.4, 0.5) is 0 Å². The van der Waals surface area contributed by atoms with E-state index >= 15 is 4.79 Å². The molecular formula is C47H74N2O15VW-2. The van der Waals surface area contributed by atoms with Gasteiger partial charge in [0.05, 0.1) is 31.9 Å². The third-order valence-corrected chi connectivity index (χ3v) is 18.1. The SMILES string of the molecule is C[C-]1[C@@H](O)CCC2(C)C3CC=C4C5CC(C)(C)CC[C@]5(C(=O)O[C@@H]5OCC(NC(=O)CN)C(O)C5O[C@@H]5O[C@H](C)C(O[C@@H]6OCC(O)C(O)C6O)C(O)C5O)[CH-]C[C@@]4(C)[C@@]3(C)CC[C@@H]12.[V].[W]. The first-order chi connectivity index (χ1) is 30.0. The molecule has 3 heterocycles. The first kappa shape index (κ1) is 54.8. The Morgan fingerprint density at radius 3 is 2.23 bits per heavy atom. The minimum atomic E-state index is -1.82. The van der Waals surface area contributed by atoms with Gasteiger partial charge in [0.1, 0.15) is 42.7 Å². The summed E-state index contributed by atoms with van der Waals surface area (Å²) in [5, 5.41) is 78.5. The van der Waals surface area contributed by atoms with E-state index in [0.29, 0.717) is 24.7 Å². The average Bonchev–Trinajstić information content (AvgIpc) is 3.24. The predicted octanol–water partition coefficient (Wildman–Crippen LogP) is 0.906. The van der Waals surface area contributed by atoms with Crippen molar-refractivity contribution in [1.29, 1.82) is 0 Å². The summed E-state index contributed by atoms with van der Waals surface area (Å²) in [4.78, 5) is 27.6. The molecule has 0 bridgehead atoms. The number of fused-ring (bicyclic) bond motifs is 7. The molecule has 3 aliphatic heterocycles. The van der Waals surface area contributed by atoms with E-state index in [-0.39, 0.29) is 93.1 Å². The monoisotopic (exact) mass is 1140 g/mol. The van der Waals surface area contributed by atoms with E-state index in [4.69, 9.17) is 34.2 Å². The van der Waals surface area contributed by atoms with Crippen LogP contribution in [0, 0.1) is 57.2 Å². The Balaban J connectivity index is 0.00000360. The van der Waals surface area contributed by atoms with Gasteiger partial charge in [0.25, 0.3) is 5.97 Å². The van der Waals surface area contributed by atoms with E-state index in [1.807, 2.05) is 0 Å². The Bertz CT molecular complexity index is 1780. The van der Waals surface area contributed by atoms with Crippen molar-refractivity contribution in [1.82, 2.24) is 5.32 Å². The van der Waals surface area contributed by atoms with Crippen molar-refractivity contribution < 1.29 is 113 Å². The molecule has 5 aliphatic carbocycles. The van der Waals surface area contributed by atoms with Gasteiger partial charge in [-0.05, 0) is 72.5 Å². The smallest absolute Gasteiger partial charge is 0.284 e. The van der Waals surface area contributed by atoms with Crippen LogP contribution in [0.5, 0.6) is 0 Å². The van der Waals surface area contributed by atoms with E-state index in [1.54, 1.807) is 0 Å². The van der Waals surface area contributed by atoms with Crippen molar-refractivity contribution in [2.24, 2.45) is 50.6 Å². The molecular weight excluding hydrogens is 1070 g/mol. The number of rotatable bonds is 8. The third kappa shape index (κ3) is 9.14. The third-order valence-electron chi connectivity index (χ3n) is 18.1. The van der Waals surface area contributed by atoms with E-state index < -0.39 is 97.1 Å². The molecule has 21 atom stereocenters. The number of hydrogen-bond donors (Lipinski definition) is 9. The van der Waals surface area contributed by atoms with Gasteiger partial charge in [-0.25, -0.2) is 0 Å². The quantitative estimate of drug-likeness (QED) is 0.0929. The summed E-state index contributed by atoms with van der Waals surface area (Å²) >= 11 is 0. The van der Waals surface area contributed by atoms with Gasteiger partial charge >= 0.3 is 0 Å². The van der Waals surface area contributed by atoms with Gasteiger partial charge in [0.2, 0.25) is 12.2 Å². The number of amides is 1. The van der Waals surface area contributed by atoms with Gasteiger partial charge in [0, 0.05) is 39.6 Å². The van der Waals surface area contributed by atoms with Gasteiger partial charge in [-0.2, -0.15) is 19.3 Å². The molecule has 10 N–H and O–H groups in total. The molecule has 1 radical (unpaired) electrons. The summed E-state index contributed by atoms with van der Waals surface area (Å²) in [5.74, 6) is 0.705. The van der Waals surface area contributed by atoms with Gasteiger partial charge in [0.15, 0.2) is 18.7 Å². The fourth-order valence-electron chi connectivity index (χ4n) is 13.8. The molecule has 8 rings (SSSR count). The van der Waals surface area contributed by atoms with Crippen LogP contribution in [0.15, 0.2) is 11.6 Å². The summed E-state index contributed by atoms with van der Waals surface area (Å²) in [6.45, 7) is 14.5. The number of esters is 1. The molecule has 7 fully saturated rings. The van der Waals surface area contributed by atoms with E-state index in [9.17, 15) is 40.5 Å². The number of ether oxygens (including phenoxy) is 6. The summed E-state index contributed by atoms with van der Waals surface area (Å²) in [5.41, 5.74) is 5.54. The van der Waals surface area contributed by atoms with Crippen molar-refractivity contribution in [2.45, 2.75) is 192 Å². The van der Waals surface area contributed by atoms with E-state index in [0.717, 1.165) is 44.9 Å². The number of aliphatic hydroxyl groups is 7. The molecule has 3 saturated heterocycles. The van der Waals surface area contributed by atoms with Crippen LogP contribution in [-0.4, -0.2) is 153 Å². The minimum absolute atomic E-state index is 0. The van der Waals surface area contributed by atoms with Gasteiger partial charge in [-0.15, -0.1) is 0 Å². The van der Waals surface area contributed by atoms with Crippen LogP contribution in [0.2, 0.25) is 0 Å². The van der Waals surface area contributed by atoms with Crippen molar-refractivity contribution in [3.8, 4) is 0 Å². The molecule has 375 valence electrons. The minimum Gasteiger partial charge on any atom is -0.434 e. The van der Waals surface area contributed by atoms with Crippen LogP contribution in [0.1, 0.15) is 106 Å². The predicted molar refractivity (Wildman–Crippen MR) is 227 cm³/mol. The molecule has 0 aromatic heterocycles. The first-order valence-electron chi connectivity index (χ1n) is 23.6. The molecule has 19 heteroatoms. The molecule has 0 spiro atoms. The second-order valence-corrected chi connectivity index (χ2v) is 22.1. The topological polar surface area (TPSA) is 269 Å². The molecule has 8 aliphatic rings. The van der Waals surface area contributed by atoms with Crippen LogP contribution < -0.4 is 11.1 Å². The number of carbonyl (C=O) groups excluding carboxylic acids is 2. The van der Waals surface area contributed by atoms with E-state index in [1.165, 1.54) is 18.4 Å². The van der Waals surface area contributed by atoms with Crippen molar-refractivity contribution >= 4 is 11.9 Å². The number of carbonyl (C=O) groups is 2. The molecule has 0 aromatic rings. The Morgan fingerprint density at radius 2 is 1.53 bits per heavy atom. The molecule has 4 saturated carbocycles. The molecule has 12 unspecified atom stereocenters. The summed E-state index contributed by atoms with van der Waals surface area (Å²) in [6, 6.07) is -1.06. The zero-order valence-electron chi connectivity index (χ0n) is 39.3. The van der Waals surface area contributed by atoms with Crippen LogP contribution in [-0.2, 0) is 77.6 Å². The summed E-state index contributed by atoms with van der Waals surface area (Å²) in [7, 11) is 0. The Labute approximate surface area is 415 Å². The normalized spacial score (nSPS) is 50.0. The number of nitrogens with two attached hydrogens (primary N) is 1. The molecule has 1 amide bonds. The fraction of sp³-hybridized carbons (Fsp3) is 0.872. The molecule has 17 nitrogen and oxygen atoms in total. The maximum Gasteiger partial charge on any atom is 0.284 e. The zero-order chi connectivity index (χ0) is 46.5. The van der Waals surface area contributed by atoms with E-state index in [2.05, 4.69) is 59.4 Å². The largest absolute Gasteiger partial charge is 0.434 e. The Morgan fingerprint density at radius 1 is 0.864 bits per heavy atom. The second-order valence-electron chi connectivity index (χ2n) is 22.1. The van der Waals surface area contributed by atoms with Gasteiger partial charge in [-0.1, -0.05) is 77.0 Å². The van der Waals surface area contributed by atoms with Crippen molar-refractivity contribution in [3.63, 3.8) is 0 Å². The summed E-state index contributed by atoms with van der Waals surface area (Å²) in [6.07, 6.45) is -6.55. The van der Waals surface area contributed by atoms with Crippen LogP contribution in [0.25, 0.3) is 0 Å². The zero-order valence-corrected chi connectivity index (χ0v) is 43.6. The van der Waals surface area contributed by atoms with Crippen LogP contribution in [0.3, 0.4) is 0 Å². The number of hydrogen-bond acceptors (Lipinski definition) is 16.